The number of ether oxygens (including phenoxy) is 1. The van der Waals surface area contributed by atoms with Crippen LogP contribution in [0, 0.1) is 46.3 Å². The molecule has 0 aromatic carbocycles. The second-order valence-corrected chi connectivity index (χ2v) is 12.4. The summed E-state index contributed by atoms with van der Waals surface area (Å²) < 4.78 is 5.75. The van der Waals surface area contributed by atoms with E-state index in [1.807, 2.05) is 21.0 Å². The zero-order chi connectivity index (χ0) is 22.8. The van der Waals surface area contributed by atoms with E-state index in [9.17, 15) is 0 Å². The highest BCUT2D eigenvalue weighted by Gasteiger charge is 2.59. The number of hydrogen-bond donors (Lipinski definition) is 0. The molecule has 31 heavy (non-hydrogen) atoms. The average Bonchev–Trinajstić information content (AvgIpc) is 3.11. The molecule has 0 amide bonds. The molecule has 8 unspecified atom stereocenters. The van der Waals surface area contributed by atoms with Crippen LogP contribution < -0.4 is 0 Å². The van der Waals surface area contributed by atoms with E-state index in [0.29, 0.717) is 16.9 Å². The molecule has 0 heterocycles. The van der Waals surface area contributed by atoms with Crippen molar-refractivity contribution in [2.45, 2.75) is 125 Å². The summed E-state index contributed by atoms with van der Waals surface area (Å²) in [6.45, 7) is 16.7. The van der Waals surface area contributed by atoms with Crippen molar-refractivity contribution in [1.29, 1.82) is 0 Å². The second kappa shape index (κ2) is 10.3. The minimum atomic E-state index is 0.472. The van der Waals surface area contributed by atoms with E-state index in [0.717, 1.165) is 35.5 Å². The van der Waals surface area contributed by atoms with Crippen molar-refractivity contribution >= 4 is 0 Å². The fraction of sp³-hybridized carbons (Fsp3) is 0.933. The Morgan fingerprint density at radius 2 is 1.71 bits per heavy atom. The average molecular weight is 431 g/mol. The normalized spacial score (nSPS) is 42.6. The van der Waals surface area contributed by atoms with Crippen LogP contribution in [-0.4, -0.2) is 13.2 Å². The van der Waals surface area contributed by atoms with Gasteiger partial charge in [0.25, 0.3) is 0 Å². The Morgan fingerprint density at radius 3 is 2.39 bits per heavy atom. The molecule has 0 saturated heterocycles. The Morgan fingerprint density at radius 1 is 0.968 bits per heavy atom. The maximum Gasteiger partial charge on any atom is 0.0608 e. The van der Waals surface area contributed by atoms with Crippen LogP contribution in [0.15, 0.2) is 11.6 Å². The summed E-state index contributed by atoms with van der Waals surface area (Å²) in [5, 5.41) is 0. The zero-order valence-electron chi connectivity index (χ0n) is 22.3. The van der Waals surface area contributed by atoms with Crippen LogP contribution in [0.25, 0.3) is 0 Å². The van der Waals surface area contributed by atoms with Gasteiger partial charge in [0.05, 0.1) is 6.10 Å². The first-order valence-corrected chi connectivity index (χ1v) is 14.0. The Bertz CT molecular complexity index is 606. The van der Waals surface area contributed by atoms with Gasteiger partial charge in [0.1, 0.15) is 0 Å². The van der Waals surface area contributed by atoms with Gasteiger partial charge in [-0.2, -0.15) is 0 Å². The monoisotopic (exact) mass is 430 g/mol. The van der Waals surface area contributed by atoms with Crippen molar-refractivity contribution in [1.82, 2.24) is 0 Å². The number of allylic oxidation sites excluding steroid dienone is 1. The number of fused-ring (bicyclic) bond motifs is 5. The molecule has 4 rings (SSSR count). The highest BCUT2D eigenvalue weighted by molar-refractivity contribution is 5.25. The van der Waals surface area contributed by atoms with Crippen molar-refractivity contribution in [3.05, 3.63) is 11.6 Å². The van der Waals surface area contributed by atoms with Crippen molar-refractivity contribution in [2.75, 3.05) is 7.11 Å². The molecule has 3 saturated carbocycles. The largest absolute Gasteiger partial charge is 0.381 e. The molecule has 180 valence electrons. The first-order chi connectivity index (χ1) is 14.8. The molecule has 0 radical (unpaired) electrons. The summed E-state index contributed by atoms with van der Waals surface area (Å²) in [6.07, 6.45) is 18.7. The van der Waals surface area contributed by atoms with E-state index >= 15 is 0 Å². The smallest absolute Gasteiger partial charge is 0.0608 e. The van der Waals surface area contributed by atoms with Gasteiger partial charge in [-0.05, 0) is 97.7 Å². The zero-order valence-corrected chi connectivity index (χ0v) is 22.3. The topological polar surface area (TPSA) is 9.23 Å². The van der Waals surface area contributed by atoms with Gasteiger partial charge in [-0.1, -0.05) is 79.4 Å². The van der Waals surface area contributed by atoms with Crippen LogP contribution in [0.2, 0.25) is 0 Å². The fourth-order valence-electron chi connectivity index (χ4n) is 8.85. The van der Waals surface area contributed by atoms with Gasteiger partial charge < -0.3 is 4.74 Å². The van der Waals surface area contributed by atoms with Gasteiger partial charge in [-0.3, -0.25) is 0 Å². The summed E-state index contributed by atoms with van der Waals surface area (Å²) in [5.74, 6) is 5.63. The van der Waals surface area contributed by atoms with Gasteiger partial charge >= 0.3 is 0 Å². The highest BCUT2D eigenvalue weighted by atomic mass is 16.5. The molecule has 0 aromatic heterocycles. The third-order valence-corrected chi connectivity index (χ3v) is 10.6. The van der Waals surface area contributed by atoms with E-state index in [1.165, 1.54) is 70.6 Å². The van der Waals surface area contributed by atoms with Crippen molar-refractivity contribution in [3.63, 3.8) is 0 Å². The minimum Gasteiger partial charge on any atom is -0.381 e. The number of methoxy groups -OCH3 is 1. The van der Waals surface area contributed by atoms with Gasteiger partial charge in [0, 0.05) is 7.11 Å². The lowest BCUT2D eigenvalue weighted by Gasteiger charge is -2.58. The van der Waals surface area contributed by atoms with Crippen molar-refractivity contribution < 1.29 is 4.74 Å². The van der Waals surface area contributed by atoms with Gasteiger partial charge in [-0.25, -0.2) is 0 Å². The number of rotatable bonds is 6. The molecule has 1 heteroatoms. The Kier molecular flexibility index (Phi) is 8.43. The third kappa shape index (κ3) is 4.69. The van der Waals surface area contributed by atoms with E-state index < -0.39 is 0 Å². The Balaban J connectivity index is 0.00000132. The maximum atomic E-state index is 5.75. The van der Waals surface area contributed by atoms with Crippen LogP contribution in [-0.2, 0) is 4.74 Å². The van der Waals surface area contributed by atoms with E-state index in [1.54, 1.807) is 5.57 Å². The summed E-state index contributed by atoms with van der Waals surface area (Å²) in [4.78, 5) is 0. The van der Waals surface area contributed by atoms with E-state index in [4.69, 9.17) is 4.74 Å². The van der Waals surface area contributed by atoms with Gasteiger partial charge in [-0.15, -0.1) is 0 Å². The predicted molar refractivity (Wildman–Crippen MR) is 135 cm³/mol. The quantitative estimate of drug-likeness (QED) is 0.382. The first-order valence-electron chi connectivity index (χ1n) is 14.0. The predicted octanol–water partition coefficient (Wildman–Crippen LogP) is 9.07. The summed E-state index contributed by atoms with van der Waals surface area (Å²) in [5.41, 5.74) is 2.85. The first kappa shape index (κ1) is 25.3. The van der Waals surface area contributed by atoms with Crippen LogP contribution in [0.5, 0.6) is 0 Å². The SMILES string of the molecule is CC.COC1CCC2(C)C(=CCC3C2CCC2(C)C(C(C)CCCC(C)C)CCC32)C1. The molecule has 0 aromatic rings. The molecular formula is C30H54O. The Labute approximate surface area is 195 Å². The molecule has 3 fully saturated rings. The standard InChI is InChI=1S/C28H48O.C2H6/c1-19(2)8-7-9-20(3)24-12-13-25-23-11-10-21-18-22(29-6)14-16-27(21,4)26(23)15-17-28(24,25)5;1-2/h10,19-20,22-26H,7-9,11-18H2,1-6H3;1-2H3. The van der Waals surface area contributed by atoms with Crippen LogP contribution in [0.1, 0.15) is 119 Å². The minimum absolute atomic E-state index is 0.472. The lowest BCUT2D eigenvalue weighted by atomic mass is 9.47. The second-order valence-electron chi connectivity index (χ2n) is 12.4. The van der Waals surface area contributed by atoms with Crippen molar-refractivity contribution in [3.8, 4) is 0 Å². The molecule has 0 N–H and O–H groups in total. The molecule has 8 atom stereocenters. The summed E-state index contributed by atoms with van der Waals surface area (Å²) in [6, 6.07) is 0. The van der Waals surface area contributed by atoms with Crippen molar-refractivity contribution in [2.24, 2.45) is 46.3 Å². The molecule has 0 spiro atoms. The molecular weight excluding hydrogens is 376 g/mol. The van der Waals surface area contributed by atoms with E-state index in [-0.39, 0.29) is 0 Å². The maximum absolute atomic E-state index is 5.75. The summed E-state index contributed by atoms with van der Waals surface area (Å²) >= 11 is 0. The lowest BCUT2D eigenvalue weighted by Crippen LogP contribution is -2.50. The van der Waals surface area contributed by atoms with Gasteiger partial charge in [0.15, 0.2) is 0 Å². The van der Waals surface area contributed by atoms with E-state index in [2.05, 4.69) is 40.7 Å². The lowest BCUT2D eigenvalue weighted by molar-refractivity contribution is -0.0601. The Hall–Kier alpha value is -0.300. The fourth-order valence-corrected chi connectivity index (χ4v) is 8.85. The molecule has 4 aliphatic carbocycles. The van der Waals surface area contributed by atoms with Crippen LogP contribution >= 0.6 is 0 Å². The number of hydrogen-bond acceptors (Lipinski definition) is 1. The molecule has 1 nitrogen and oxygen atoms in total. The highest BCUT2D eigenvalue weighted by Crippen LogP contribution is 2.67. The molecule has 0 bridgehead atoms. The molecule has 4 aliphatic rings. The molecule has 0 aliphatic heterocycles. The van der Waals surface area contributed by atoms with Crippen LogP contribution in [0.3, 0.4) is 0 Å². The van der Waals surface area contributed by atoms with Gasteiger partial charge in [0.2, 0.25) is 0 Å². The third-order valence-electron chi connectivity index (χ3n) is 10.6. The summed E-state index contributed by atoms with van der Waals surface area (Å²) in [7, 11) is 1.91. The van der Waals surface area contributed by atoms with Crippen LogP contribution in [0.4, 0.5) is 0 Å².